The van der Waals surface area contributed by atoms with Crippen LogP contribution in [0.15, 0.2) is 24.5 Å². The number of hydrogen-bond donors (Lipinski definition) is 1. The van der Waals surface area contributed by atoms with Gasteiger partial charge in [-0.3, -0.25) is 23.9 Å². The molecule has 0 saturated heterocycles. The van der Waals surface area contributed by atoms with Crippen molar-refractivity contribution in [3.63, 3.8) is 0 Å². The Bertz CT molecular complexity index is 769. The SMILES string of the molecule is COC(=O)CC(CC(=O)OC)n1cc(NC(=O)C2CC=CCC2C(=O)OC)cn1. The van der Waals surface area contributed by atoms with Gasteiger partial charge in [-0.05, 0) is 12.8 Å². The zero-order valence-corrected chi connectivity index (χ0v) is 16.6. The molecule has 0 spiro atoms. The van der Waals surface area contributed by atoms with Gasteiger partial charge in [0.15, 0.2) is 0 Å². The highest BCUT2D eigenvalue weighted by Crippen LogP contribution is 2.28. The minimum atomic E-state index is -0.624. The molecule has 1 aromatic heterocycles. The molecule has 0 aliphatic heterocycles. The molecule has 1 aromatic rings. The van der Waals surface area contributed by atoms with Crippen molar-refractivity contribution in [1.82, 2.24) is 9.78 Å². The van der Waals surface area contributed by atoms with E-state index in [0.717, 1.165) is 0 Å². The molecular formula is C19H25N3O7. The zero-order valence-electron chi connectivity index (χ0n) is 16.6. The molecule has 1 N–H and O–H groups in total. The Morgan fingerprint density at radius 3 is 2.17 bits per heavy atom. The maximum Gasteiger partial charge on any atom is 0.309 e. The maximum absolute atomic E-state index is 12.7. The van der Waals surface area contributed by atoms with Gasteiger partial charge in [0.2, 0.25) is 5.91 Å². The number of allylic oxidation sites excluding steroid dienone is 2. The van der Waals surface area contributed by atoms with Gasteiger partial charge in [-0.15, -0.1) is 0 Å². The number of aromatic nitrogens is 2. The summed E-state index contributed by atoms with van der Waals surface area (Å²) in [5.74, 6) is -2.88. The average Bonchev–Trinajstić information content (AvgIpc) is 3.20. The molecule has 0 fully saturated rings. The molecule has 29 heavy (non-hydrogen) atoms. The number of nitrogens with one attached hydrogen (secondary N) is 1. The third kappa shape index (κ3) is 5.90. The Morgan fingerprint density at radius 2 is 1.62 bits per heavy atom. The first-order chi connectivity index (χ1) is 13.9. The van der Waals surface area contributed by atoms with Crippen LogP contribution in [0.4, 0.5) is 5.69 Å². The van der Waals surface area contributed by atoms with E-state index in [1.807, 2.05) is 12.2 Å². The van der Waals surface area contributed by atoms with E-state index in [1.165, 1.54) is 38.4 Å². The van der Waals surface area contributed by atoms with Gasteiger partial charge in [-0.2, -0.15) is 5.10 Å². The normalized spacial score (nSPS) is 18.2. The third-order valence-corrected chi connectivity index (χ3v) is 4.78. The standard InChI is InChI=1S/C19H25N3O7/c1-27-16(23)8-13(9-17(24)28-2)22-11-12(10-20-22)21-18(25)14-6-4-5-7-15(14)19(26)29-3/h4-5,10-11,13-15H,6-9H2,1-3H3,(H,21,25). The molecule has 0 aromatic carbocycles. The number of hydrogen-bond acceptors (Lipinski definition) is 8. The summed E-state index contributed by atoms with van der Waals surface area (Å²) in [4.78, 5) is 47.9. The van der Waals surface area contributed by atoms with Gasteiger partial charge in [0.25, 0.3) is 0 Å². The molecule has 1 heterocycles. The van der Waals surface area contributed by atoms with Crippen LogP contribution in [0.1, 0.15) is 31.7 Å². The number of nitrogens with zero attached hydrogens (tertiary/aromatic N) is 2. The molecule has 0 radical (unpaired) electrons. The summed E-state index contributed by atoms with van der Waals surface area (Å²) in [6, 6.07) is -0.624. The molecule has 10 nitrogen and oxygen atoms in total. The first kappa shape index (κ1) is 22.1. The minimum absolute atomic E-state index is 0.0848. The molecule has 158 valence electrons. The lowest BCUT2D eigenvalue weighted by Crippen LogP contribution is -2.35. The van der Waals surface area contributed by atoms with Crippen molar-refractivity contribution in [2.24, 2.45) is 11.8 Å². The van der Waals surface area contributed by atoms with Crippen LogP contribution in [0.2, 0.25) is 0 Å². The van der Waals surface area contributed by atoms with E-state index < -0.39 is 35.8 Å². The van der Waals surface area contributed by atoms with E-state index in [2.05, 4.69) is 19.9 Å². The highest BCUT2D eigenvalue weighted by Gasteiger charge is 2.35. The summed E-state index contributed by atoms with van der Waals surface area (Å²) in [6.45, 7) is 0. The highest BCUT2D eigenvalue weighted by atomic mass is 16.5. The van der Waals surface area contributed by atoms with Crippen LogP contribution in [0.5, 0.6) is 0 Å². The predicted octanol–water partition coefficient (Wildman–Crippen LogP) is 1.24. The molecule has 1 aliphatic carbocycles. The highest BCUT2D eigenvalue weighted by molar-refractivity contribution is 5.95. The van der Waals surface area contributed by atoms with Gasteiger partial charge in [-0.1, -0.05) is 12.2 Å². The van der Waals surface area contributed by atoms with Gasteiger partial charge in [0.05, 0.1) is 63.9 Å². The number of ether oxygens (including phenoxy) is 3. The lowest BCUT2D eigenvalue weighted by Gasteiger charge is -2.25. The summed E-state index contributed by atoms with van der Waals surface area (Å²) in [5.41, 5.74) is 0.382. The zero-order chi connectivity index (χ0) is 21.4. The number of anilines is 1. The summed E-state index contributed by atoms with van der Waals surface area (Å²) >= 11 is 0. The third-order valence-electron chi connectivity index (χ3n) is 4.78. The smallest absolute Gasteiger partial charge is 0.309 e. The van der Waals surface area contributed by atoms with Gasteiger partial charge < -0.3 is 19.5 Å². The van der Waals surface area contributed by atoms with Crippen LogP contribution in [-0.4, -0.2) is 54.9 Å². The molecule has 0 bridgehead atoms. The monoisotopic (exact) mass is 407 g/mol. The Kier molecular flexibility index (Phi) is 7.93. The Morgan fingerprint density at radius 1 is 1.03 bits per heavy atom. The average molecular weight is 407 g/mol. The van der Waals surface area contributed by atoms with E-state index in [0.29, 0.717) is 18.5 Å². The quantitative estimate of drug-likeness (QED) is 0.388. The molecule has 1 aliphatic rings. The molecule has 0 saturated carbocycles. The number of rotatable bonds is 8. The topological polar surface area (TPSA) is 126 Å². The first-order valence-electron chi connectivity index (χ1n) is 9.11. The van der Waals surface area contributed by atoms with Crippen molar-refractivity contribution >= 4 is 29.5 Å². The van der Waals surface area contributed by atoms with Crippen molar-refractivity contribution in [3.05, 3.63) is 24.5 Å². The molecular weight excluding hydrogens is 382 g/mol. The number of carbonyl (C=O) groups excluding carboxylic acids is 4. The molecule has 1 amide bonds. The molecule has 2 atom stereocenters. The van der Waals surface area contributed by atoms with Gasteiger partial charge >= 0.3 is 17.9 Å². The van der Waals surface area contributed by atoms with E-state index in [1.54, 1.807) is 0 Å². The van der Waals surface area contributed by atoms with Gasteiger partial charge in [-0.25, -0.2) is 0 Å². The summed E-state index contributed by atoms with van der Waals surface area (Å²) in [5, 5.41) is 6.87. The number of methoxy groups -OCH3 is 3. The van der Waals surface area contributed by atoms with Gasteiger partial charge in [0, 0.05) is 6.20 Å². The van der Waals surface area contributed by atoms with E-state index in [-0.39, 0.29) is 18.7 Å². The second-order valence-corrected chi connectivity index (χ2v) is 6.59. The van der Waals surface area contributed by atoms with Crippen LogP contribution in [-0.2, 0) is 33.4 Å². The van der Waals surface area contributed by atoms with Crippen molar-refractivity contribution in [1.29, 1.82) is 0 Å². The lowest BCUT2D eigenvalue weighted by molar-refractivity contribution is -0.149. The fourth-order valence-electron chi connectivity index (χ4n) is 3.16. The fraction of sp³-hybridized carbons (Fsp3) is 0.526. The summed E-state index contributed by atoms with van der Waals surface area (Å²) in [6.07, 6.45) is 7.32. The number of amides is 1. The second-order valence-electron chi connectivity index (χ2n) is 6.59. The van der Waals surface area contributed by atoms with Crippen molar-refractivity contribution < 1.29 is 33.4 Å². The summed E-state index contributed by atoms with van der Waals surface area (Å²) in [7, 11) is 3.80. The molecule has 10 heteroatoms. The van der Waals surface area contributed by atoms with Crippen LogP contribution in [0.25, 0.3) is 0 Å². The number of esters is 3. The van der Waals surface area contributed by atoms with Crippen molar-refractivity contribution in [3.8, 4) is 0 Å². The molecule has 2 rings (SSSR count). The lowest BCUT2D eigenvalue weighted by atomic mass is 9.82. The Hall–Kier alpha value is -3.17. The predicted molar refractivity (Wildman–Crippen MR) is 101 cm³/mol. The largest absolute Gasteiger partial charge is 0.469 e. The Balaban J connectivity index is 2.11. The van der Waals surface area contributed by atoms with Gasteiger partial charge in [0.1, 0.15) is 0 Å². The van der Waals surface area contributed by atoms with Crippen LogP contribution in [0.3, 0.4) is 0 Å². The van der Waals surface area contributed by atoms with Crippen molar-refractivity contribution in [2.45, 2.75) is 31.7 Å². The summed E-state index contributed by atoms with van der Waals surface area (Å²) < 4.78 is 15.5. The van der Waals surface area contributed by atoms with Crippen LogP contribution < -0.4 is 5.32 Å². The fourth-order valence-corrected chi connectivity index (χ4v) is 3.16. The molecule has 2 unspecified atom stereocenters. The minimum Gasteiger partial charge on any atom is -0.469 e. The van der Waals surface area contributed by atoms with E-state index >= 15 is 0 Å². The van der Waals surface area contributed by atoms with E-state index in [4.69, 9.17) is 4.74 Å². The van der Waals surface area contributed by atoms with Crippen LogP contribution in [0, 0.1) is 11.8 Å². The van der Waals surface area contributed by atoms with Crippen LogP contribution >= 0.6 is 0 Å². The first-order valence-corrected chi connectivity index (χ1v) is 9.11. The maximum atomic E-state index is 12.7. The van der Waals surface area contributed by atoms with Crippen molar-refractivity contribution in [2.75, 3.05) is 26.6 Å². The second kappa shape index (κ2) is 10.4. The van der Waals surface area contributed by atoms with E-state index in [9.17, 15) is 19.2 Å². The number of carbonyl (C=O) groups is 4. The Labute approximate surface area is 168 Å².